The van der Waals surface area contributed by atoms with E-state index in [1.54, 1.807) is 11.8 Å². The van der Waals surface area contributed by atoms with Crippen LogP contribution in [0, 0.1) is 0 Å². The lowest BCUT2D eigenvalue weighted by atomic mass is 10.3. The van der Waals surface area contributed by atoms with Gasteiger partial charge in [0.25, 0.3) is 0 Å². The molecule has 2 aromatic carbocycles. The Kier molecular flexibility index (Phi) is 6.68. The molecule has 0 fully saturated rings. The van der Waals surface area contributed by atoms with Gasteiger partial charge in [-0.15, -0.1) is 0 Å². The molecular formula is C17H19NO2S. The van der Waals surface area contributed by atoms with Gasteiger partial charge in [0.05, 0.1) is 6.61 Å². The van der Waals surface area contributed by atoms with Crippen molar-refractivity contribution >= 4 is 23.4 Å². The van der Waals surface area contributed by atoms with Gasteiger partial charge >= 0.3 is 0 Å². The highest BCUT2D eigenvalue weighted by atomic mass is 32.2. The van der Waals surface area contributed by atoms with Gasteiger partial charge in [-0.25, -0.2) is 0 Å². The molecule has 0 heterocycles. The molecule has 4 heteroatoms. The predicted molar refractivity (Wildman–Crippen MR) is 89.0 cm³/mol. The molecule has 0 aliphatic heterocycles. The third-order valence-corrected chi connectivity index (χ3v) is 3.72. The number of benzene rings is 2. The summed E-state index contributed by atoms with van der Waals surface area (Å²) in [6.07, 6.45) is 0.519. The van der Waals surface area contributed by atoms with Crippen LogP contribution in [0.25, 0.3) is 0 Å². The molecule has 1 N–H and O–H groups in total. The molecule has 0 radical (unpaired) electrons. The largest absolute Gasteiger partial charge is 0.493 e. The van der Waals surface area contributed by atoms with E-state index in [0.717, 1.165) is 22.9 Å². The van der Waals surface area contributed by atoms with Crippen molar-refractivity contribution < 1.29 is 9.53 Å². The number of hydrogen-bond acceptors (Lipinski definition) is 3. The molecule has 0 aromatic heterocycles. The molecule has 21 heavy (non-hydrogen) atoms. The minimum absolute atomic E-state index is 0.0534. The van der Waals surface area contributed by atoms with Crippen molar-refractivity contribution in [2.45, 2.75) is 6.42 Å². The van der Waals surface area contributed by atoms with E-state index in [9.17, 15) is 4.79 Å². The molecule has 3 nitrogen and oxygen atoms in total. The first-order valence-electron chi connectivity index (χ1n) is 6.95. The minimum atomic E-state index is 0.0534. The Bertz CT molecular complexity index is 531. The average molecular weight is 301 g/mol. The summed E-state index contributed by atoms with van der Waals surface area (Å²) in [6, 6.07) is 19.3. The number of carbonyl (C=O) groups is 1. The van der Waals surface area contributed by atoms with Crippen molar-refractivity contribution in [3.63, 3.8) is 0 Å². The van der Waals surface area contributed by atoms with E-state index in [-0.39, 0.29) is 5.91 Å². The number of carbonyl (C=O) groups excluding carboxylic acids is 1. The quantitative estimate of drug-likeness (QED) is 0.753. The van der Waals surface area contributed by atoms with E-state index in [1.165, 1.54) is 0 Å². The van der Waals surface area contributed by atoms with Gasteiger partial charge in [0.2, 0.25) is 5.91 Å². The summed E-state index contributed by atoms with van der Waals surface area (Å²) < 4.78 is 5.59. The molecule has 0 spiro atoms. The lowest BCUT2D eigenvalue weighted by molar-refractivity contribution is -0.115. The number of anilines is 1. The third kappa shape index (κ3) is 6.36. The van der Waals surface area contributed by atoms with Crippen LogP contribution in [0.3, 0.4) is 0 Å². The Morgan fingerprint density at radius 3 is 2.33 bits per heavy atom. The van der Waals surface area contributed by atoms with Crippen LogP contribution >= 0.6 is 11.8 Å². The summed E-state index contributed by atoms with van der Waals surface area (Å²) in [6.45, 7) is 0.662. The van der Waals surface area contributed by atoms with Crippen molar-refractivity contribution in [2.24, 2.45) is 0 Å². The normalized spacial score (nSPS) is 10.1. The zero-order chi connectivity index (χ0) is 14.8. The second kappa shape index (κ2) is 9.08. The van der Waals surface area contributed by atoms with Gasteiger partial charge in [0.15, 0.2) is 0 Å². The van der Waals surface area contributed by atoms with Crippen molar-refractivity contribution in [2.75, 3.05) is 23.4 Å². The highest BCUT2D eigenvalue weighted by Crippen LogP contribution is 2.10. The number of rotatable bonds is 8. The van der Waals surface area contributed by atoms with E-state index in [0.29, 0.717) is 13.0 Å². The Morgan fingerprint density at radius 1 is 0.952 bits per heavy atom. The summed E-state index contributed by atoms with van der Waals surface area (Å²) in [5.74, 6) is 2.63. The van der Waals surface area contributed by atoms with Gasteiger partial charge in [0, 0.05) is 23.6 Å². The number of nitrogens with one attached hydrogen (secondary N) is 1. The molecule has 1 amide bonds. The highest BCUT2D eigenvalue weighted by molar-refractivity contribution is 7.99. The standard InChI is InChI=1S/C17H19NO2S/c19-17(18-15-7-3-1-4-8-15)11-13-21-14-12-20-16-9-5-2-6-10-16/h1-10H,11-14H2,(H,18,19). The third-order valence-electron chi connectivity index (χ3n) is 2.77. The van der Waals surface area contributed by atoms with Crippen LogP contribution in [0.5, 0.6) is 5.75 Å². The molecule has 2 aromatic rings. The van der Waals surface area contributed by atoms with Gasteiger partial charge in [-0.1, -0.05) is 36.4 Å². The van der Waals surface area contributed by atoms with Crippen molar-refractivity contribution in [3.8, 4) is 5.75 Å². The van der Waals surface area contributed by atoms with Crippen LogP contribution in [0.1, 0.15) is 6.42 Å². The SMILES string of the molecule is O=C(CCSCCOc1ccccc1)Nc1ccccc1. The lowest BCUT2D eigenvalue weighted by Gasteiger charge is -2.06. The average Bonchev–Trinajstić information content (AvgIpc) is 2.53. The number of amides is 1. The fraction of sp³-hybridized carbons (Fsp3) is 0.235. The van der Waals surface area contributed by atoms with Crippen LogP contribution < -0.4 is 10.1 Å². The maximum atomic E-state index is 11.7. The van der Waals surface area contributed by atoms with E-state index in [1.807, 2.05) is 60.7 Å². The van der Waals surface area contributed by atoms with Gasteiger partial charge < -0.3 is 10.1 Å². The molecular weight excluding hydrogens is 282 g/mol. The minimum Gasteiger partial charge on any atom is -0.493 e. The summed E-state index contributed by atoms with van der Waals surface area (Å²) in [5.41, 5.74) is 0.847. The molecule has 0 saturated carbocycles. The van der Waals surface area contributed by atoms with Gasteiger partial charge in [-0.05, 0) is 24.3 Å². The number of hydrogen-bond donors (Lipinski definition) is 1. The van der Waals surface area contributed by atoms with Gasteiger partial charge in [0.1, 0.15) is 5.75 Å². The first-order chi connectivity index (χ1) is 10.3. The van der Waals surface area contributed by atoms with E-state index < -0.39 is 0 Å². The Labute approximate surface area is 129 Å². The van der Waals surface area contributed by atoms with Crippen molar-refractivity contribution in [1.82, 2.24) is 0 Å². The molecule has 0 unspecified atom stereocenters. The van der Waals surface area contributed by atoms with E-state index >= 15 is 0 Å². The number of para-hydroxylation sites is 2. The van der Waals surface area contributed by atoms with Crippen molar-refractivity contribution in [3.05, 3.63) is 60.7 Å². The Morgan fingerprint density at radius 2 is 1.62 bits per heavy atom. The van der Waals surface area contributed by atoms with Crippen LogP contribution in [0.15, 0.2) is 60.7 Å². The topological polar surface area (TPSA) is 38.3 Å². The van der Waals surface area contributed by atoms with Gasteiger partial charge in [-0.3, -0.25) is 4.79 Å². The van der Waals surface area contributed by atoms with E-state index in [2.05, 4.69) is 5.32 Å². The predicted octanol–water partition coefficient (Wildman–Crippen LogP) is 3.83. The van der Waals surface area contributed by atoms with Gasteiger partial charge in [-0.2, -0.15) is 11.8 Å². The smallest absolute Gasteiger partial charge is 0.225 e. The lowest BCUT2D eigenvalue weighted by Crippen LogP contribution is -2.12. The first kappa shape index (κ1) is 15.4. The fourth-order valence-electron chi connectivity index (χ4n) is 1.75. The van der Waals surface area contributed by atoms with E-state index in [4.69, 9.17) is 4.74 Å². The number of thioether (sulfide) groups is 1. The molecule has 0 bridgehead atoms. The number of ether oxygens (including phenoxy) is 1. The Balaban J connectivity index is 1.52. The molecule has 2 rings (SSSR count). The van der Waals surface area contributed by atoms with Crippen LogP contribution in [0.4, 0.5) is 5.69 Å². The highest BCUT2D eigenvalue weighted by Gasteiger charge is 2.01. The van der Waals surface area contributed by atoms with Crippen LogP contribution in [-0.4, -0.2) is 24.0 Å². The Hall–Kier alpha value is -1.94. The fourth-order valence-corrected chi connectivity index (χ4v) is 2.48. The summed E-state index contributed by atoms with van der Waals surface area (Å²) in [7, 11) is 0. The second-order valence-electron chi connectivity index (χ2n) is 4.44. The monoisotopic (exact) mass is 301 g/mol. The summed E-state index contributed by atoms with van der Waals surface area (Å²) in [5, 5.41) is 2.88. The maximum absolute atomic E-state index is 11.7. The molecule has 110 valence electrons. The van der Waals surface area contributed by atoms with Crippen LogP contribution in [0.2, 0.25) is 0 Å². The maximum Gasteiger partial charge on any atom is 0.225 e. The molecule has 0 atom stereocenters. The molecule has 0 aliphatic rings. The first-order valence-corrected chi connectivity index (χ1v) is 8.10. The summed E-state index contributed by atoms with van der Waals surface area (Å²) in [4.78, 5) is 11.7. The van der Waals surface area contributed by atoms with Crippen molar-refractivity contribution in [1.29, 1.82) is 0 Å². The molecule has 0 aliphatic carbocycles. The summed E-state index contributed by atoms with van der Waals surface area (Å²) >= 11 is 1.73. The second-order valence-corrected chi connectivity index (χ2v) is 5.66. The zero-order valence-corrected chi connectivity index (χ0v) is 12.6. The van der Waals surface area contributed by atoms with Crippen LogP contribution in [-0.2, 0) is 4.79 Å². The molecule has 0 saturated heterocycles. The zero-order valence-electron chi connectivity index (χ0n) is 11.8.